The van der Waals surface area contributed by atoms with Crippen LogP contribution in [0.2, 0.25) is 0 Å². The second kappa shape index (κ2) is 3.94. The van der Waals surface area contributed by atoms with Crippen molar-refractivity contribution in [3.8, 4) is 0 Å². The second-order valence-electron chi connectivity index (χ2n) is 4.40. The van der Waals surface area contributed by atoms with Gasteiger partial charge in [-0.05, 0) is 19.3 Å². The highest BCUT2D eigenvalue weighted by Crippen LogP contribution is 2.31. The SMILES string of the molecule is c1nn(C2CCC2)cc1C1CNCCO1. The molecule has 1 aromatic heterocycles. The maximum Gasteiger partial charge on any atom is 0.0980 e. The lowest BCUT2D eigenvalue weighted by atomic mass is 9.93. The van der Waals surface area contributed by atoms with E-state index >= 15 is 0 Å². The highest BCUT2D eigenvalue weighted by molar-refractivity contribution is 5.10. The van der Waals surface area contributed by atoms with Crippen LogP contribution in [-0.4, -0.2) is 29.5 Å². The fourth-order valence-corrected chi connectivity index (χ4v) is 2.15. The average molecular weight is 207 g/mol. The van der Waals surface area contributed by atoms with Gasteiger partial charge in [0.25, 0.3) is 0 Å². The van der Waals surface area contributed by atoms with E-state index < -0.39 is 0 Å². The minimum atomic E-state index is 0.201. The number of ether oxygens (including phenoxy) is 1. The van der Waals surface area contributed by atoms with Crippen molar-refractivity contribution in [1.82, 2.24) is 15.1 Å². The number of morpholine rings is 1. The van der Waals surface area contributed by atoms with Gasteiger partial charge in [-0.3, -0.25) is 4.68 Å². The molecule has 1 aliphatic carbocycles. The molecule has 1 unspecified atom stereocenters. The largest absolute Gasteiger partial charge is 0.371 e. The fraction of sp³-hybridized carbons (Fsp3) is 0.727. The lowest BCUT2D eigenvalue weighted by Gasteiger charge is -2.26. The second-order valence-corrected chi connectivity index (χ2v) is 4.40. The standard InChI is InChI=1S/C11H17N3O/c1-2-10(3-1)14-8-9(6-13-14)11-7-12-4-5-15-11/h6,8,10-12H,1-5,7H2. The summed E-state index contributed by atoms with van der Waals surface area (Å²) in [6, 6.07) is 0.648. The zero-order chi connectivity index (χ0) is 10.1. The summed E-state index contributed by atoms with van der Waals surface area (Å²) in [5.41, 5.74) is 1.22. The van der Waals surface area contributed by atoms with Crippen molar-refractivity contribution < 1.29 is 4.74 Å². The van der Waals surface area contributed by atoms with Crippen molar-refractivity contribution in [2.45, 2.75) is 31.4 Å². The van der Waals surface area contributed by atoms with Gasteiger partial charge in [-0.15, -0.1) is 0 Å². The summed E-state index contributed by atoms with van der Waals surface area (Å²) in [4.78, 5) is 0. The summed E-state index contributed by atoms with van der Waals surface area (Å²) in [5, 5.41) is 7.76. The highest BCUT2D eigenvalue weighted by Gasteiger charge is 2.22. The third-order valence-electron chi connectivity index (χ3n) is 3.37. The summed E-state index contributed by atoms with van der Waals surface area (Å²) >= 11 is 0. The molecule has 0 radical (unpaired) electrons. The Labute approximate surface area is 89.6 Å². The van der Waals surface area contributed by atoms with E-state index in [0.29, 0.717) is 6.04 Å². The Morgan fingerprint density at radius 2 is 2.40 bits per heavy atom. The van der Waals surface area contributed by atoms with E-state index in [1.165, 1.54) is 24.8 Å². The summed E-state index contributed by atoms with van der Waals surface area (Å²) in [5.74, 6) is 0. The van der Waals surface area contributed by atoms with Crippen molar-refractivity contribution in [1.29, 1.82) is 0 Å². The van der Waals surface area contributed by atoms with Gasteiger partial charge in [-0.1, -0.05) is 0 Å². The summed E-state index contributed by atoms with van der Waals surface area (Å²) in [7, 11) is 0. The molecule has 1 aromatic rings. The van der Waals surface area contributed by atoms with Crippen molar-refractivity contribution in [2.75, 3.05) is 19.7 Å². The van der Waals surface area contributed by atoms with Crippen LogP contribution in [-0.2, 0) is 4.74 Å². The van der Waals surface area contributed by atoms with E-state index in [4.69, 9.17) is 4.74 Å². The Kier molecular flexibility index (Phi) is 2.46. The van der Waals surface area contributed by atoms with Gasteiger partial charge < -0.3 is 10.1 Å². The Morgan fingerprint density at radius 3 is 3.07 bits per heavy atom. The average Bonchev–Trinajstić information content (AvgIpc) is 2.66. The molecule has 4 nitrogen and oxygen atoms in total. The quantitative estimate of drug-likeness (QED) is 0.793. The molecule has 1 N–H and O–H groups in total. The predicted octanol–water partition coefficient (Wildman–Crippen LogP) is 1.27. The number of nitrogens with one attached hydrogen (secondary N) is 1. The zero-order valence-corrected chi connectivity index (χ0v) is 8.85. The maximum atomic E-state index is 5.69. The molecular weight excluding hydrogens is 190 g/mol. The van der Waals surface area contributed by atoms with E-state index in [-0.39, 0.29) is 6.10 Å². The van der Waals surface area contributed by atoms with Crippen LogP contribution in [0.3, 0.4) is 0 Å². The van der Waals surface area contributed by atoms with Gasteiger partial charge in [0.1, 0.15) is 0 Å². The minimum Gasteiger partial charge on any atom is -0.371 e. The third-order valence-corrected chi connectivity index (χ3v) is 3.37. The number of rotatable bonds is 2. The molecule has 0 aromatic carbocycles. The van der Waals surface area contributed by atoms with E-state index in [1.54, 1.807) is 0 Å². The molecule has 0 bridgehead atoms. The molecule has 0 spiro atoms. The molecule has 1 atom stereocenters. The van der Waals surface area contributed by atoms with Gasteiger partial charge in [0.2, 0.25) is 0 Å². The molecule has 1 saturated carbocycles. The lowest BCUT2D eigenvalue weighted by molar-refractivity contribution is 0.0276. The number of nitrogens with zero attached hydrogens (tertiary/aromatic N) is 2. The third kappa shape index (κ3) is 1.79. The maximum absolute atomic E-state index is 5.69. The van der Waals surface area contributed by atoms with Crippen LogP contribution in [0, 0.1) is 0 Å². The van der Waals surface area contributed by atoms with Crippen LogP contribution in [0.1, 0.15) is 37.0 Å². The highest BCUT2D eigenvalue weighted by atomic mass is 16.5. The predicted molar refractivity (Wildman–Crippen MR) is 56.7 cm³/mol. The first kappa shape index (κ1) is 9.36. The molecule has 3 rings (SSSR count). The molecule has 0 amide bonds. The van der Waals surface area contributed by atoms with E-state index in [1.807, 2.05) is 6.20 Å². The van der Waals surface area contributed by atoms with Gasteiger partial charge >= 0.3 is 0 Å². The molecule has 82 valence electrons. The van der Waals surface area contributed by atoms with Gasteiger partial charge in [-0.2, -0.15) is 5.10 Å². The molecule has 1 saturated heterocycles. The van der Waals surface area contributed by atoms with Crippen molar-refractivity contribution in [2.24, 2.45) is 0 Å². The fourth-order valence-electron chi connectivity index (χ4n) is 2.15. The monoisotopic (exact) mass is 207 g/mol. The van der Waals surface area contributed by atoms with Crippen molar-refractivity contribution in [3.63, 3.8) is 0 Å². The summed E-state index contributed by atoms with van der Waals surface area (Å²) < 4.78 is 7.80. The number of hydrogen-bond acceptors (Lipinski definition) is 3. The molecular formula is C11H17N3O. The summed E-state index contributed by atoms with van der Waals surface area (Å²) in [6.07, 6.45) is 8.22. The van der Waals surface area contributed by atoms with E-state index in [9.17, 15) is 0 Å². The molecule has 2 fully saturated rings. The first-order chi connectivity index (χ1) is 7.43. The van der Waals surface area contributed by atoms with Crippen LogP contribution < -0.4 is 5.32 Å². The van der Waals surface area contributed by atoms with Crippen LogP contribution >= 0.6 is 0 Å². The van der Waals surface area contributed by atoms with Crippen molar-refractivity contribution >= 4 is 0 Å². The van der Waals surface area contributed by atoms with Crippen LogP contribution in [0.25, 0.3) is 0 Å². The number of aromatic nitrogens is 2. The molecule has 15 heavy (non-hydrogen) atoms. The van der Waals surface area contributed by atoms with E-state index in [2.05, 4.69) is 21.3 Å². The topological polar surface area (TPSA) is 39.1 Å². The Morgan fingerprint density at radius 1 is 1.47 bits per heavy atom. The van der Waals surface area contributed by atoms with Crippen LogP contribution in [0.15, 0.2) is 12.4 Å². The lowest BCUT2D eigenvalue weighted by Crippen LogP contribution is -2.33. The van der Waals surface area contributed by atoms with Gasteiger partial charge in [0.15, 0.2) is 0 Å². The Balaban J connectivity index is 1.71. The van der Waals surface area contributed by atoms with Gasteiger partial charge in [0.05, 0.1) is 24.9 Å². The first-order valence-electron chi connectivity index (χ1n) is 5.80. The Hall–Kier alpha value is -0.870. The first-order valence-corrected chi connectivity index (χ1v) is 5.80. The molecule has 2 heterocycles. The molecule has 2 aliphatic rings. The minimum absolute atomic E-state index is 0.201. The van der Waals surface area contributed by atoms with Crippen molar-refractivity contribution in [3.05, 3.63) is 18.0 Å². The van der Waals surface area contributed by atoms with Crippen LogP contribution in [0.5, 0.6) is 0 Å². The smallest absolute Gasteiger partial charge is 0.0980 e. The van der Waals surface area contributed by atoms with Gasteiger partial charge in [0, 0.05) is 24.8 Å². The number of hydrogen-bond donors (Lipinski definition) is 1. The van der Waals surface area contributed by atoms with Gasteiger partial charge in [-0.25, -0.2) is 0 Å². The molecule has 1 aliphatic heterocycles. The van der Waals surface area contributed by atoms with E-state index in [0.717, 1.165) is 19.7 Å². The molecule has 4 heteroatoms. The summed E-state index contributed by atoms with van der Waals surface area (Å²) in [6.45, 7) is 2.68. The van der Waals surface area contributed by atoms with Crippen LogP contribution in [0.4, 0.5) is 0 Å². The normalized spacial score (nSPS) is 27.6. The Bertz CT molecular complexity index is 326. The zero-order valence-electron chi connectivity index (χ0n) is 8.85.